The zero-order valence-electron chi connectivity index (χ0n) is 13.6. The average Bonchev–Trinajstić information content (AvgIpc) is 2.47. The Morgan fingerprint density at radius 3 is 1.68 bits per heavy atom. The number of terminal acetylenes is 1. The molecule has 0 spiro atoms. The number of carbonyl (C=O) groups excluding carboxylic acids is 2. The molecule has 0 heterocycles. The first-order chi connectivity index (χ1) is 11.4. The number of hydrogen-bond donors (Lipinski definition) is 5. The lowest BCUT2D eigenvalue weighted by molar-refractivity contribution is -0.143. The fourth-order valence-electron chi connectivity index (χ4n) is 1.35. The Bertz CT molecular complexity index is 521. The van der Waals surface area contributed by atoms with Crippen molar-refractivity contribution in [1.29, 1.82) is 0 Å². The lowest BCUT2D eigenvalue weighted by atomic mass is 10.1. The third kappa shape index (κ3) is 12.6. The molecule has 0 aromatic carbocycles. The Kier molecular flexibility index (Phi) is 12.7. The van der Waals surface area contributed by atoms with Crippen LogP contribution in [-0.2, 0) is 14.3 Å². The van der Waals surface area contributed by atoms with Gasteiger partial charge in [-0.25, -0.2) is 9.59 Å². The number of carboxylic acids is 2. The average molecular weight is 352 g/mol. The fourth-order valence-corrected chi connectivity index (χ4v) is 1.35. The number of amides is 2. The molecule has 4 atom stereocenters. The van der Waals surface area contributed by atoms with Gasteiger partial charge in [0.05, 0.1) is 12.2 Å². The number of ether oxygens (including phenoxy) is 1. The molecule has 12 heteroatoms. The first kappa shape index (κ1) is 24.7. The maximum absolute atomic E-state index is 10.6. The number of hydrogen-bond acceptors (Lipinski definition) is 6. The Labute approximate surface area is 147 Å². The minimum atomic E-state index is -1.34. The molecular formula is C13H18B2N2O8. The van der Waals surface area contributed by atoms with E-state index in [1.54, 1.807) is 0 Å². The molecule has 0 fully saturated rings. The van der Waals surface area contributed by atoms with Crippen LogP contribution in [-0.4, -0.2) is 85.5 Å². The Hall–Kier alpha value is -2.51. The van der Waals surface area contributed by atoms with E-state index in [1.165, 1.54) is 13.8 Å². The molecule has 134 valence electrons. The van der Waals surface area contributed by atoms with Gasteiger partial charge in [0.1, 0.15) is 6.61 Å². The van der Waals surface area contributed by atoms with Gasteiger partial charge < -0.3 is 30.7 Å². The maximum atomic E-state index is 10.6. The molecule has 0 saturated heterocycles. The van der Waals surface area contributed by atoms with Gasteiger partial charge in [-0.15, -0.1) is 6.42 Å². The van der Waals surface area contributed by atoms with E-state index in [0.29, 0.717) is 0 Å². The molecule has 2 amide bonds. The van der Waals surface area contributed by atoms with Crippen LogP contribution in [0.5, 0.6) is 0 Å². The zero-order valence-corrected chi connectivity index (χ0v) is 13.6. The summed E-state index contributed by atoms with van der Waals surface area (Å²) in [5.74, 6) is -2.26. The van der Waals surface area contributed by atoms with Gasteiger partial charge in [0.15, 0.2) is 23.7 Å². The van der Waals surface area contributed by atoms with E-state index in [4.69, 9.17) is 34.3 Å². The van der Waals surface area contributed by atoms with E-state index in [0.717, 1.165) is 0 Å². The molecule has 0 bridgehead atoms. The molecule has 0 aromatic rings. The summed E-state index contributed by atoms with van der Waals surface area (Å²) in [6, 6.07) is -2.53. The highest BCUT2D eigenvalue weighted by atomic mass is 16.5. The van der Waals surface area contributed by atoms with Crippen LogP contribution < -0.4 is 10.6 Å². The largest absolute Gasteiger partial charge is 0.480 e. The van der Waals surface area contributed by atoms with Gasteiger partial charge >= 0.3 is 11.9 Å². The quantitative estimate of drug-likeness (QED) is 0.249. The summed E-state index contributed by atoms with van der Waals surface area (Å²) in [7, 11) is 9.43. The van der Waals surface area contributed by atoms with Gasteiger partial charge in [-0.05, 0) is 13.8 Å². The molecular weight excluding hydrogens is 334 g/mol. The predicted octanol–water partition coefficient (Wildman–Crippen LogP) is -1.95. The van der Waals surface area contributed by atoms with Gasteiger partial charge in [-0.1, -0.05) is 5.92 Å². The third-order valence-electron chi connectivity index (χ3n) is 2.51. The van der Waals surface area contributed by atoms with Crippen molar-refractivity contribution in [3.8, 4) is 12.3 Å². The zero-order chi connectivity index (χ0) is 20.2. The van der Waals surface area contributed by atoms with Crippen LogP contribution in [0.4, 0.5) is 9.59 Å². The standard InChI is InChI=1S/C8H10BNO4.C5H8BNO4/c1-3-4-14-5(2)6(7(11)12)10-8(9)13;1-2(8)3(4(9)10)7-5(6)11/h1,5-6H,4H2,2H3,(H,10,13)(H,11,12);2-3,8H,1H3,(H,7,11)(H,9,10)/t5-,6+;2-,3+/m11/s1. The number of carbonyl (C=O) groups is 4. The van der Waals surface area contributed by atoms with Crippen molar-refractivity contribution >= 4 is 39.2 Å². The van der Waals surface area contributed by atoms with Crippen molar-refractivity contribution in [3.63, 3.8) is 0 Å². The summed E-state index contributed by atoms with van der Waals surface area (Å²) in [5.41, 5.74) is 0. The molecule has 0 aliphatic carbocycles. The van der Waals surface area contributed by atoms with Crippen LogP contribution >= 0.6 is 0 Å². The molecule has 10 nitrogen and oxygen atoms in total. The van der Waals surface area contributed by atoms with Gasteiger partial charge in [0.2, 0.25) is 15.7 Å². The van der Waals surface area contributed by atoms with Crippen molar-refractivity contribution in [3.05, 3.63) is 0 Å². The number of carboxylic acid groups (broad SMARTS) is 2. The van der Waals surface area contributed by atoms with Gasteiger partial charge in [-0.2, -0.15) is 0 Å². The van der Waals surface area contributed by atoms with Gasteiger partial charge in [-0.3, -0.25) is 9.59 Å². The maximum Gasteiger partial charge on any atom is 0.328 e. The molecule has 0 aliphatic heterocycles. The molecule has 5 N–H and O–H groups in total. The minimum Gasteiger partial charge on any atom is -0.480 e. The molecule has 0 rings (SSSR count). The summed E-state index contributed by atoms with van der Waals surface area (Å²) in [6.07, 6.45) is 3.01. The van der Waals surface area contributed by atoms with Crippen molar-refractivity contribution in [2.24, 2.45) is 0 Å². The van der Waals surface area contributed by atoms with Crippen LogP contribution in [0, 0.1) is 12.3 Å². The van der Waals surface area contributed by atoms with Crippen LogP contribution in [0.25, 0.3) is 0 Å². The highest BCUT2D eigenvalue weighted by Gasteiger charge is 2.25. The highest BCUT2D eigenvalue weighted by Crippen LogP contribution is 1.99. The lowest BCUT2D eigenvalue weighted by Gasteiger charge is -2.20. The SMILES string of the molecule is [B]C(=O)N[C@H](C(=O)O)[C@@H](C)O.[B]C(=O)N[C@H](C(=O)O)[C@@H](C)OCC#C. The Morgan fingerprint density at radius 2 is 1.44 bits per heavy atom. The van der Waals surface area contributed by atoms with Crippen molar-refractivity contribution in [2.75, 3.05) is 6.61 Å². The Balaban J connectivity index is 0. The number of nitrogens with one attached hydrogen (secondary N) is 2. The minimum absolute atomic E-state index is 0.0224. The topological polar surface area (TPSA) is 162 Å². The molecule has 0 unspecified atom stereocenters. The monoisotopic (exact) mass is 352 g/mol. The second kappa shape index (κ2) is 12.9. The highest BCUT2D eigenvalue weighted by molar-refractivity contribution is 6.57. The Morgan fingerprint density at radius 1 is 1.04 bits per heavy atom. The van der Waals surface area contributed by atoms with Crippen LogP contribution in [0.15, 0.2) is 0 Å². The first-order valence-electron chi connectivity index (χ1n) is 6.74. The van der Waals surface area contributed by atoms with Crippen LogP contribution in [0.1, 0.15) is 13.8 Å². The third-order valence-corrected chi connectivity index (χ3v) is 2.51. The lowest BCUT2D eigenvalue weighted by Crippen LogP contribution is -2.48. The molecule has 25 heavy (non-hydrogen) atoms. The van der Waals surface area contributed by atoms with E-state index < -0.39 is 47.8 Å². The molecule has 0 aliphatic rings. The molecule has 0 aromatic heterocycles. The number of rotatable bonds is 8. The van der Waals surface area contributed by atoms with Gasteiger partial charge in [0.25, 0.3) is 0 Å². The van der Waals surface area contributed by atoms with E-state index in [9.17, 15) is 19.2 Å². The summed E-state index contributed by atoms with van der Waals surface area (Å²) in [5, 5.41) is 29.7. The van der Waals surface area contributed by atoms with Crippen molar-refractivity contribution < 1.29 is 39.2 Å². The van der Waals surface area contributed by atoms with Crippen molar-refractivity contribution in [1.82, 2.24) is 10.6 Å². The molecule has 4 radical (unpaired) electrons. The van der Waals surface area contributed by atoms with Crippen LogP contribution in [0.3, 0.4) is 0 Å². The molecule has 0 saturated carbocycles. The van der Waals surface area contributed by atoms with Gasteiger partial charge in [0, 0.05) is 0 Å². The van der Waals surface area contributed by atoms with E-state index in [-0.39, 0.29) is 6.61 Å². The number of aliphatic hydroxyl groups is 1. The summed E-state index contributed by atoms with van der Waals surface area (Å²) in [4.78, 5) is 41.5. The second-order valence-electron chi connectivity index (χ2n) is 4.61. The predicted molar refractivity (Wildman–Crippen MR) is 87.3 cm³/mol. The first-order valence-corrected chi connectivity index (χ1v) is 6.74. The van der Waals surface area contributed by atoms with Crippen LogP contribution in [0.2, 0.25) is 0 Å². The fraction of sp³-hybridized carbons (Fsp3) is 0.538. The normalized spacial score (nSPS) is 14.3. The van der Waals surface area contributed by atoms with E-state index in [1.807, 2.05) is 10.6 Å². The number of aliphatic hydroxyl groups excluding tert-OH is 1. The summed E-state index contributed by atoms with van der Waals surface area (Å²) in [6.45, 7) is 2.70. The summed E-state index contributed by atoms with van der Waals surface area (Å²) < 4.78 is 4.93. The second-order valence-corrected chi connectivity index (χ2v) is 4.61. The smallest absolute Gasteiger partial charge is 0.328 e. The summed E-state index contributed by atoms with van der Waals surface area (Å²) >= 11 is 0. The number of aliphatic carboxylic acids is 2. The van der Waals surface area contributed by atoms with E-state index in [2.05, 4.69) is 13.8 Å². The van der Waals surface area contributed by atoms with Crippen molar-refractivity contribution in [2.45, 2.75) is 38.1 Å². The van der Waals surface area contributed by atoms with E-state index >= 15 is 0 Å².